The molecule has 112 valence electrons. The molecule has 0 bridgehead atoms. The van der Waals surface area contributed by atoms with Crippen molar-refractivity contribution in [2.75, 3.05) is 53.4 Å². The lowest BCUT2D eigenvalue weighted by atomic mass is 10.2. The van der Waals surface area contributed by atoms with Crippen LogP contribution in [0.3, 0.4) is 0 Å². The molecule has 0 saturated carbocycles. The number of hydrogen-bond acceptors (Lipinski definition) is 5. The maximum absolute atomic E-state index is 12.2. The van der Waals surface area contributed by atoms with Gasteiger partial charge >= 0.3 is 0 Å². The second kappa shape index (κ2) is 6.49. The van der Waals surface area contributed by atoms with Crippen LogP contribution in [-0.4, -0.2) is 82.9 Å². The van der Waals surface area contributed by atoms with Gasteiger partial charge in [0.1, 0.15) is 0 Å². The van der Waals surface area contributed by atoms with E-state index in [1.54, 1.807) is 0 Å². The van der Waals surface area contributed by atoms with Gasteiger partial charge in [0.25, 0.3) is 0 Å². The molecule has 1 atom stereocenters. The van der Waals surface area contributed by atoms with Crippen molar-refractivity contribution in [3.63, 3.8) is 0 Å². The fourth-order valence-electron chi connectivity index (χ4n) is 2.76. The number of nitrogens with zero attached hydrogens (tertiary/aromatic N) is 2. The Morgan fingerprint density at radius 2 is 1.89 bits per heavy atom. The van der Waals surface area contributed by atoms with Gasteiger partial charge in [-0.3, -0.25) is 4.90 Å². The van der Waals surface area contributed by atoms with Crippen LogP contribution in [0, 0.1) is 0 Å². The molecule has 0 radical (unpaired) electrons. The van der Waals surface area contributed by atoms with Crippen molar-refractivity contribution in [3.8, 4) is 0 Å². The van der Waals surface area contributed by atoms with Crippen LogP contribution in [0.2, 0.25) is 0 Å². The summed E-state index contributed by atoms with van der Waals surface area (Å²) in [4.78, 5) is 4.49. The van der Waals surface area contributed by atoms with Crippen molar-refractivity contribution < 1.29 is 8.42 Å². The summed E-state index contributed by atoms with van der Waals surface area (Å²) < 4.78 is 27.3. The molecular formula is C12H26N4O2S. The Morgan fingerprint density at radius 3 is 2.58 bits per heavy atom. The fourth-order valence-corrected chi connectivity index (χ4v) is 4.27. The summed E-state index contributed by atoms with van der Waals surface area (Å²) in [6.45, 7) is 5.10. The third-order valence-corrected chi connectivity index (χ3v) is 6.14. The molecule has 0 aromatic carbocycles. The van der Waals surface area contributed by atoms with Gasteiger partial charge in [0, 0.05) is 32.2 Å². The van der Waals surface area contributed by atoms with E-state index in [0.717, 1.165) is 45.6 Å². The van der Waals surface area contributed by atoms with Crippen LogP contribution in [0.5, 0.6) is 0 Å². The summed E-state index contributed by atoms with van der Waals surface area (Å²) in [7, 11) is 0.992. The standard InChI is InChI=1S/C12H26N4O2S/c1-15-7-8-16(2)11(10-15)9-14-19(17,18)12-3-5-13-6-4-12/h11-14H,3-10H2,1-2H3. The molecule has 0 amide bonds. The Kier molecular flexibility index (Phi) is 5.19. The highest BCUT2D eigenvalue weighted by molar-refractivity contribution is 7.90. The molecule has 0 aromatic rings. The SMILES string of the molecule is CN1CCN(C)C(CNS(=O)(=O)C2CCNCC2)C1. The fraction of sp³-hybridized carbons (Fsp3) is 1.00. The highest BCUT2D eigenvalue weighted by atomic mass is 32.2. The number of rotatable bonds is 4. The van der Waals surface area contributed by atoms with E-state index in [-0.39, 0.29) is 11.3 Å². The summed E-state index contributed by atoms with van der Waals surface area (Å²) >= 11 is 0. The molecule has 19 heavy (non-hydrogen) atoms. The highest BCUT2D eigenvalue weighted by Crippen LogP contribution is 2.12. The van der Waals surface area contributed by atoms with Gasteiger partial charge in [0.2, 0.25) is 10.0 Å². The third-order valence-electron chi connectivity index (χ3n) is 4.23. The Hall–Kier alpha value is -0.210. The normalized spacial score (nSPS) is 28.6. The Morgan fingerprint density at radius 1 is 1.21 bits per heavy atom. The maximum Gasteiger partial charge on any atom is 0.214 e. The average Bonchev–Trinajstić information content (AvgIpc) is 2.41. The van der Waals surface area contributed by atoms with Gasteiger partial charge in [0.05, 0.1) is 5.25 Å². The van der Waals surface area contributed by atoms with Crippen molar-refractivity contribution in [2.45, 2.75) is 24.1 Å². The Balaban J connectivity index is 1.86. The van der Waals surface area contributed by atoms with Gasteiger partial charge in [0.15, 0.2) is 0 Å². The molecule has 0 aromatic heterocycles. The smallest absolute Gasteiger partial charge is 0.214 e. The molecule has 7 heteroatoms. The van der Waals surface area contributed by atoms with Gasteiger partial charge < -0.3 is 10.2 Å². The minimum absolute atomic E-state index is 0.222. The van der Waals surface area contributed by atoms with Crippen LogP contribution in [-0.2, 0) is 10.0 Å². The summed E-state index contributed by atoms with van der Waals surface area (Å²) in [6.07, 6.45) is 1.44. The predicted molar refractivity (Wildman–Crippen MR) is 76.7 cm³/mol. The summed E-state index contributed by atoms with van der Waals surface area (Å²) in [5, 5.41) is 2.98. The number of sulfonamides is 1. The number of piperazine rings is 1. The van der Waals surface area contributed by atoms with Crippen LogP contribution in [0.1, 0.15) is 12.8 Å². The molecule has 2 saturated heterocycles. The Bertz CT molecular complexity index is 381. The first-order valence-electron chi connectivity index (χ1n) is 7.07. The zero-order chi connectivity index (χ0) is 13.9. The summed E-state index contributed by atoms with van der Waals surface area (Å²) in [5.41, 5.74) is 0. The monoisotopic (exact) mass is 290 g/mol. The first kappa shape index (κ1) is 15.2. The molecule has 2 N–H and O–H groups in total. The minimum Gasteiger partial charge on any atom is -0.317 e. The lowest BCUT2D eigenvalue weighted by Crippen LogP contribution is -2.55. The van der Waals surface area contributed by atoms with Gasteiger partial charge in [-0.15, -0.1) is 0 Å². The van der Waals surface area contributed by atoms with Crippen molar-refractivity contribution in [1.29, 1.82) is 0 Å². The van der Waals surface area contributed by atoms with Crippen molar-refractivity contribution in [3.05, 3.63) is 0 Å². The molecule has 1 unspecified atom stereocenters. The molecule has 2 aliphatic heterocycles. The summed E-state index contributed by atoms with van der Waals surface area (Å²) in [6, 6.07) is 0.273. The second-order valence-electron chi connectivity index (χ2n) is 5.74. The second-order valence-corrected chi connectivity index (χ2v) is 7.78. The minimum atomic E-state index is -3.16. The van der Waals surface area contributed by atoms with Crippen LogP contribution in [0.15, 0.2) is 0 Å². The third kappa shape index (κ3) is 4.13. The topological polar surface area (TPSA) is 64.7 Å². The number of piperidine rings is 1. The number of nitrogens with one attached hydrogen (secondary N) is 2. The maximum atomic E-state index is 12.2. The first-order valence-corrected chi connectivity index (χ1v) is 8.61. The summed E-state index contributed by atoms with van der Waals surface area (Å²) in [5.74, 6) is 0. The lowest BCUT2D eigenvalue weighted by molar-refractivity contribution is 0.117. The number of hydrogen-bond donors (Lipinski definition) is 2. The molecular weight excluding hydrogens is 264 g/mol. The van der Waals surface area contributed by atoms with Crippen LogP contribution in [0.25, 0.3) is 0 Å². The lowest BCUT2D eigenvalue weighted by Gasteiger charge is -2.38. The largest absolute Gasteiger partial charge is 0.317 e. The van der Waals surface area contributed by atoms with E-state index in [1.165, 1.54) is 0 Å². The first-order chi connectivity index (χ1) is 8.99. The zero-order valence-corrected chi connectivity index (χ0v) is 12.7. The molecule has 6 nitrogen and oxygen atoms in total. The van der Waals surface area contributed by atoms with Gasteiger partial charge in [-0.1, -0.05) is 0 Å². The molecule has 0 aliphatic carbocycles. The van der Waals surface area contributed by atoms with Crippen LogP contribution in [0.4, 0.5) is 0 Å². The molecule has 2 fully saturated rings. The number of likely N-dealkylation sites (N-methyl/N-ethyl adjacent to an activating group) is 2. The zero-order valence-electron chi connectivity index (χ0n) is 11.9. The van der Waals surface area contributed by atoms with E-state index in [4.69, 9.17) is 0 Å². The van der Waals surface area contributed by atoms with E-state index in [1.807, 2.05) is 0 Å². The van der Waals surface area contributed by atoms with E-state index < -0.39 is 10.0 Å². The van der Waals surface area contributed by atoms with Gasteiger partial charge in [-0.25, -0.2) is 13.1 Å². The average molecular weight is 290 g/mol. The highest BCUT2D eigenvalue weighted by Gasteiger charge is 2.29. The molecule has 2 rings (SSSR count). The predicted octanol–water partition coefficient (Wildman–Crippen LogP) is -1.10. The van der Waals surface area contributed by atoms with E-state index >= 15 is 0 Å². The van der Waals surface area contributed by atoms with E-state index in [9.17, 15) is 8.42 Å². The van der Waals surface area contributed by atoms with Crippen LogP contribution >= 0.6 is 0 Å². The van der Waals surface area contributed by atoms with Crippen molar-refractivity contribution in [2.24, 2.45) is 0 Å². The molecule has 2 heterocycles. The van der Waals surface area contributed by atoms with E-state index in [0.29, 0.717) is 6.54 Å². The van der Waals surface area contributed by atoms with Gasteiger partial charge in [-0.2, -0.15) is 0 Å². The van der Waals surface area contributed by atoms with Crippen molar-refractivity contribution >= 4 is 10.0 Å². The molecule has 0 spiro atoms. The molecule has 2 aliphatic rings. The van der Waals surface area contributed by atoms with Crippen molar-refractivity contribution in [1.82, 2.24) is 19.8 Å². The van der Waals surface area contributed by atoms with Gasteiger partial charge in [-0.05, 0) is 40.0 Å². The quantitative estimate of drug-likeness (QED) is 0.688. The Labute approximate surface area is 116 Å². The van der Waals surface area contributed by atoms with E-state index in [2.05, 4.69) is 33.9 Å². The van der Waals surface area contributed by atoms with Crippen LogP contribution < -0.4 is 10.0 Å².